The Balaban J connectivity index is 2.23. The summed E-state index contributed by atoms with van der Waals surface area (Å²) in [7, 11) is -3.01. The van der Waals surface area contributed by atoms with Gasteiger partial charge in [-0.2, -0.15) is 17.9 Å². The third-order valence-corrected chi connectivity index (χ3v) is 5.40. The predicted octanol–water partition coefficient (Wildman–Crippen LogP) is 2.80. The molecule has 0 bridgehead atoms. The van der Waals surface area contributed by atoms with Crippen LogP contribution in [0.1, 0.15) is 24.4 Å². The van der Waals surface area contributed by atoms with E-state index in [2.05, 4.69) is 5.32 Å². The molecule has 0 aliphatic rings. The van der Waals surface area contributed by atoms with Crippen LogP contribution in [0.15, 0.2) is 35.4 Å². The van der Waals surface area contributed by atoms with Crippen LogP contribution >= 0.6 is 0 Å². The summed E-state index contributed by atoms with van der Waals surface area (Å²) in [5, 5.41) is 13.0. The van der Waals surface area contributed by atoms with E-state index in [1.807, 2.05) is 0 Å². The average molecular weight is 409 g/mol. The molecule has 2 aromatic rings. The Morgan fingerprint density at radius 2 is 1.85 bits per heavy atom. The van der Waals surface area contributed by atoms with E-state index in [0.717, 1.165) is 12.3 Å². The maximum absolute atomic E-state index is 13.3. The highest BCUT2D eigenvalue weighted by Crippen LogP contribution is 2.25. The Hall–Kier alpha value is -2.11. The van der Waals surface area contributed by atoms with Gasteiger partial charge in [-0.3, -0.25) is 0 Å². The highest BCUT2D eigenvalue weighted by molar-refractivity contribution is 7.89. The van der Waals surface area contributed by atoms with Gasteiger partial charge in [0.15, 0.2) is 6.23 Å². The van der Waals surface area contributed by atoms with Gasteiger partial charge in [-0.25, -0.2) is 12.8 Å². The lowest BCUT2D eigenvalue weighted by Crippen LogP contribution is -2.42. The molecule has 2 atom stereocenters. The Kier molecular flexibility index (Phi) is 5.88. The molecule has 0 aliphatic heterocycles. The lowest BCUT2D eigenvalue weighted by atomic mass is 10.2. The van der Waals surface area contributed by atoms with Gasteiger partial charge in [0.2, 0.25) is 10.0 Å². The summed E-state index contributed by atoms with van der Waals surface area (Å²) in [4.78, 5) is -0.424. The first-order chi connectivity index (χ1) is 12.3. The molecule has 0 saturated carbocycles. The molecule has 150 valence electrons. The lowest BCUT2D eigenvalue weighted by Gasteiger charge is -2.16. The molecule has 1 unspecified atom stereocenters. The zero-order valence-electron chi connectivity index (χ0n) is 14.7. The number of aromatic nitrogens is 1. The van der Waals surface area contributed by atoms with Gasteiger partial charge in [0.05, 0.1) is 5.69 Å². The first-order valence-electron chi connectivity index (χ1n) is 7.77. The van der Waals surface area contributed by atoms with Crippen molar-refractivity contribution in [1.29, 1.82) is 0 Å². The van der Waals surface area contributed by atoms with Crippen LogP contribution in [0.3, 0.4) is 0 Å². The van der Waals surface area contributed by atoms with Crippen molar-refractivity contribution < 1.29 is 31.1 Å². The van der Waals surface area contributed by atoms with Crippen molar-refractivity contribution in [2.45, 2.75) is 37.2 Å². The van der Waals surface area contributed by atoms with E-state index in [9.17, 15) is 31.1 Å². The number of aryl methyl sites for hydroxylation is 2. The second-order valence-electron chi connectivity index (χ2n) is 6.11. The molecule has 1 aromatic carbocycles. The van der Waals surface area contributed by atoms with E-state index in [4.69, 9.17) is 0 Å². The van der Waals surface area contributed by atoms with Gasteiger partial charge in [-0.05, 0) is 43.7 Å². The zero-order valence-corrected chi connectivity index (χ0v) is 15.5. The quantitative estimate of drug-likeness (QED) is 0.506. The molecule has 27 heavy (non-hydrogen) atoms. The van der Waals surface area contributed by atoms with Crippen molar-refractivity contribution in [2.24, 2.45) is 7.05 Å². The third kappa shape index (κ3) is 4.99. The maximum Gasteiger partial charge on any atom is 0.404 e. The van der Waals surface area contributed by atoms with Crippen molar-refractivity contribution in [3.05, 3.63) is 47.5 Å². The lowest BCUT2D eigenvalue weighted by molar-refractivity contribution is -0.147. The Morgan fingerprint density at radius 3 is 2.41 bits per heavy atom. The van der Waals surface area contributed by atoms with E-state index in [1.165, 1.54) is 36.7 Å². The number of hydrogen-bond acceptors (Lipinski definition) is 4. The fraction of sp³-hybridized carbons (Fsp3) is 0.375. The summed E-state index contributed by atoms with van der Waals surface area (Å²) in [6.07, 6.45) is -5.02. The molecule has 1 heterocycles. The summed E-state index contributed by atoms with van der Waals surface area (Å²) >= 11 is 0. The molecule has 0 radical (unpaired) electrons. The van der Waals surface area contributed by atoms with Crippen LogP contribution in [0.4, 0.5) is 23.2 Å². The number of alkyl halides is 3. The van der Waals surface area contributed by atoms with Crippen molar-refractivity contribution in [2.75, 3.05) is 5.32 Å². The van der Waals surface area contributed by atoms with E-state index < -0.39 is 39.2 Å². The van der Waals surface area contributed by atoms with Crippen LogP contribution in [-0.4, -0.2) is 30.3 Å². The Morgan fingerprint density at radius 1 is 1.22 bits per heavy atom. The number of nitrogens with zero attached hydrogens (tertiary/aromatic N) is 1. The molecule has 11 heteroatoms. The number of hydrogen-bond donors (Lipinski definition) is 3. The fourth-order valence-electron chi connectivity index (χ4n) is 2.30. The van der Waals surface area contributed by atoms with Gasteiger partial charge in [0, 0.05) is 18.9 Å². The SMILES string of the molecule is Cc1cc(NC(O)c2cc(S(=O)(=O)N[C@H](C)C(F)(F)F)cn2C)ccc1F. The van der Waals surface area contributed by atoms with E-state index in [1.54, 1.807) is 4.72 Å². The van der Waals surface area contributed by atoms with Crippen molar-refractivity contribution >= 4 is 15.7 Å². The number of benzene rings is 1. The molecule has 0 spiro atoms. The summed E-state index contributed by atoms with van der Waals surface area (Å²) in [6.45, 7) is 2.22. The molecule has 1 aromatic heterocycles. The van der Waals surface area contributed by atoms with Crippen molar-refractivity contribution in [1.82, 2.24) is 9.29 Å². The minimum absolute atomic E-state index is 0.0945. The first-order valence-corrected chi connectivity index (χ1v) is 9.25. The third-order valence-electron chi connectivity index (χ3n) is 3.89. The van der Waals surface area contributed by atoms with Crippen LogP contribution in [0.5, 0.6) is 0 Å². The van der Waals surface area contributed by atoms with Gasteiger partial charge in [-0.15, -0.1) is 0 Å². The van der Waals surface area contributed by atoms with Crippen molar-refractivity contribution in [3.63, 3.8) is 0 Å². The van der Waals surface area contributed by atoms with Gasteiger partial charge >= 0.3 is 6.18 Å². The highest BCUT2D eigenvalue weighted by Gasteiger charge is 2.39. The molecule has 0 amide bonds. The molecular weight excluding hydrogens is 390 g/mol. The number of rotatable bonds is 6. The van der Waals surface area contributed by atoms with E-state index in [0.29, 0.717) is 18.2 Å². The topological polar surface area (TPSA) is 83.4 Å². The zero-order chi connectivity index (χ0) is 20.6. The number of sulfonamides is 1. The van der Waals surface area contributed by atoms with Crippen molar-refractivity contribution in [3.8, 4) is 0 Å². The van der Waals surface area contributed by atoms with Gasteiger partial charge in [0.1, 0.15) is 16.8 Å². The molecule has 0 aliphatic carbocycles. The molecule has 2 rings (SSSR count). The van der Waals surface area contributed by atoms with Crippen LogP contribution < -0.4 is 10.0 Å². The van der Waals surface area contributed by atoms with Gasteiger partial charge < -0.3 is 15.0 Å². The first kappa shape index (κ1) is 21.2. The fourth-order valence-corrected chi connectivity index (χ4v) is 3.61. The van der Waals surface area contributed by atoms with Crippen LogP contribution in [0.25, 0.3) is 0 Å². The van der Waals surface area contributed by atoms with E-state index >= 15 is 0 Å². The molecule has 0 fully saturated rings. The predicted molar refractivity (Wildman–Crippen MR) is 91.0 cm³/mol. The smallest absolute Gasteiger partial charge is 0.368 e. The standard InChI is InChI=1S/C16H19F4N3O3S/c1-9-6-11(4-5-13(9)17)21-15(24)14-7-12(8-23(14)3)27(25,26)22-10(2)16(18,19)20/h4-8,10,15,21-22,24H,1-3H3/t10-,15?/m1/s1. The summed E-state index contributed by atoms with van der Waals surface area (Å²) in [5.41, 5.74) is 0.820. The maximum atomic E-state index is 13.3. The summed E-state index contributed by atoms with van der Waals surface area (Å²) in [6, 6.07) is 2.83. The van der Waals surface area contributed by atoms with Crippen LogP contribution in [0, 0.1) is 12.7 Å². The molecule has 0 saturated heterocycles. The second-order valence-corrected chi connectivity index (χ2v) is 7.82. The Bertz CT molecular complexity index is 925. The molecule has 6 nitrogen and oxygen atoms in total. The number of aliphatic hydroxyl groups is 1. The second kappa shape index (κ2) is 7.49. The van der Waals surface area contributed by atoms with Crippen LogP contribution in [0.2, 0.25) is 0 Å². The number of aliphatic hydroxyl groups excluding tert-OH is 1. The summed E-state index contributed by atoms with van der Waals surface area (Å²) < 4.78 is 78.2. The van der Waals surface area contributed by atoms with Gasteiger partial charge in [0.25, 0.3) is 0 Å². The van der Waals surface area contributed by atoms with Crippen LogP contribution in [-0.2, 0) is 17.1 Å². The minimum Gasteiger partial charge on any atom is -0.368 e. The monoisotopic (exact) mass is 409 g/mol. The largest absolute Gasteiger partial charge is 0.404 e. The highest BCUT2D eigenvalue weighted by atomic mass is 32.2. The number of halogens is 4. The minimum atomic E-state index is -4.73. The normalized spacial score (nSPS) is 14.8. The molecule has 3 N–H and O–H groups in total. The molecular formula is C16H19F4N3O3S. The average Bonchev–Trinajstić information content (AvgIpc) is 2.92. The van der Waals surface area contributed by atoms with Gasteiger partial charge in [-0.1, -0.05) is 0 Å². The van der Waals surface area contributed by atoms with E-state index in [-0.39, 0.29) is 5.69 Å². The summed E-state index contributed by atoms with van der Waals surface area (Å²) in [5.74, 6) is -0.424. The number of anilines is 1. The number of nitrogens with one attached hydrogen (secondary N) is 2. The Labute approximate surface area is 153 Å².